The van der Waals surface area contributed by atoms with E-state index in [1.54, 1.807) is 7.11 Å². The van der Waals surface area contributed by atoms with Crippen LogP contribution < -0.4 is 19.9 Å². The van der Waals surface area contributed by atoms with Crippen LogP contribution in [-0.4, -0.2) is 50.7 Å². The molecule has 2 N–H and O–H groups in total. The summed E-state index contributed by atoms with van der Waals surface area (Å²) in [7, 11) is 1.65. The highest BCUT2D eigenvalue weighted by Gasteiger charge is 2.25. The molecule has 0 aromatic heterocycles. The van der Waals surface area contributed by atoms with Crippen LogP contribution in [0.1, 0.15) is 0 Å². The predicted octanol–water partition coefficient (Wildman–Crippen LogP) is 1.60. The lowest BCUT2D eigenvalue weighted by Gasteiger charge is -2.34. The minimum Gasteiger partial charge on any atom is -0.495 e. The van der Waals surface area contributed by atoms with Gasteiger partial charge in [-0.25, -0.2) is 0 Å². The van der Waals surface area contributed by atoms with Crippen molar-refractivity contribution >= 4 is 34.6 Å². The third-order valence-electron chi connectivity index (χ3n) is 4.74. The Kier molecular flexibility index (Phi) is 6.33. The Bertz CT molecular complexity index is 869. The first-order valence-corrected chi connectivity index (χ1v) is 9.31. The van der Waals surface area contributed by atoms with Gasteiger partial charge in [0, 0.05) is 11.1 Å². The molecule has 8 nitrogen and oxygen atoms in total. The van der Waals surface area contributed by atoms with Crippen LogP contribution in [0.4, 0.5) is 17.1 Å². The van der Waals surface area contributed by atoms with Crippen molar-refractivity contribution in [2.45, 2.75) is 0 Å². The fourth-order valence-electron chi connectivity index (χ4n) is 3.32. The number of nitro groups is 1. The minimum atomic E-state index is -0.537. The van der Waals surface area contributed by atoms with Crippen molar-refractivity contribution in [1.82, 2.24) is 0 Å². The highest BCUT2D eigenvalue weighted by molar-refractivity contribution is 6.31. The van der Waals surface area contributed by atoms with Gasteiger partial charge < -0.3 is 19.9 Å². The van der Waals surface area contributed by atoms with E-state index in [1.165, 1.54) is 18.2 Å². The molecule has 0 atom stereocenters. The number of ether oxygens (including phenoxy) is 1. The number of hydrogen-bond donors (Lipinski definition) is 2. The van der Waals surface area contributed by atoms with E-state index in [9.17, 15) is 14.9 Å². The van der Waals surface area contributed by atoms with Gasteiger partial charge in [-0.15, -0.1) is 0 Å². The quantitative estimate of drug-likeness (QED) is 0.563. The standard InChI is InChI=1S/C19H21ClN4O4/c1-28-18-5-3-2-4-17(18)23-10-8-22(9-11-23)13-19(25)21-15-12-14(20)6-7-16(15)24(26)27/h2-7,12H,8-11,13H2,1H3,(H,21,25)/p+1. The molecule has 2 aromatic rings. The predicted molar refractivity (Wildman–Crippen MR) is 108 cm³/mol. The molecule has 0 unspecified atom stereocenters. The Hall–Kier alpha value is -2.84. The van der Waals surface area contributed by atoms with Crippen LogP contribution in [0.15, 0.2) is 42.5 Å². The molecule has 0 aliphatic carbocycles. The number of rotatable bonds is 6. The molecule has 1 heterocycles. The lowest BCUT2D eigenvalue weighted by atomic mass is 10.2. The topological polar surface area (TPSA) is 89.2 Å². The van der Waals surface area contributed by atoms with Gasteiger partial charge in [0.05, 0.1) is 43.9 Å². The first kappa shape index (κ1) is 19.9. The highest BCUT2D eigenvalue weighted by atomic mass is 35.5. The zero-order valence-electron chi connectivity index (χ0n) is 15.5. The average Bonchev–Trinajstić information content (AvgIpc) is 2.68. The van der Waals surface area contributed by atoms with E-state index in [1.807, 2.05) is 24.3 Å². The highest BCUT2D eigenvalue weighted by Crippen LogP contribution is 2.28. The van der Waals surface area contributed by atoms with Gasteiger partial charge >= 0.3 is 0 Å². The maximum atomic E-state index is 12.4. The molecule has 1 amide bonds. The zero-order chi connectivity index (χ0) is 20.1. The molecule has 1 aliphatic heterocycles. The number of para-hydroxylation sites is 2. The number of piperazine rings is 1. The van der Waals surface area contributed by atoms with E-state index >= 15 is 0 Å². The van der Waals surface area contributed by atoms with Crippen LogP contribution in [0, 0.1) is 10.1 Å². The van der Waals surface area contributed by atoms with Gasteiger partial charge in [0.15, 0.2) is 6.54 Å². The third-order valence-corrected chi connectivity index (χ3v) is 4.97. The van der Waals surface area contributed by atoms with Crippen molar-refractivity contribution in [2.24, 2.45) is 0 Å². The van der Waals surface area contributed by atoms with Gasteiger partial charge in [0.25, 0.3) is 11.6 Å². The van der Waals surface area contributed by atoms with Crippen LogP contribution >= 0.6 is 11.6 Å². The number of carbonyl (C=O) groups is 1. The molecular weight excluding hydrogens is 384 g/mol. The second kappa shape index (κ2) is 8.90. The summed E-state index contributed by atoms with van der Waals surface area (Å²) in [6.45, 7) is 3.39. The SMILES string of the molecule is COc1ccccc1N1CC[NH+](CC(=O)Nc2cc(Cl)ccc2[N+](=O)[O-])CC1. The summed E-state index contributed by atoms with van der Waals surface area (Å²) in [6.07, 6.45) is 0. The number of quaternary nitrogens is 1. The fourth-order valence-corrected chi connectivity index (χ4v) is 3.49. The first-order chi connectivity index (χ1) is 13.5. The van der Waals surface area contributed by atoms with E-state index < -0.39 is 4.92 Å². The number of amides is 1. The summed E-state index contributed by atoms with van der Waals surface area (Å²) in [6, 6.07) is 12.0. The average molecular weight is 406 g/mol. The van der Waals surface area contributed by atoms with E-state index in [-0.39, 0.29) is 23.8 Å². The van der Waals surface area contributed by atoms with Gasteiger partial charge in [0.2, 0.25) is 0 Å². The number of nitrogens with one attached hydrogen (secondary N) is 2. The van der Waals surface area contributed by atoms with Gasteiger partial charge in [-0.3, -0.25) is 14.9 Å². The molecule has 9 heteroatoms. The normalized spacial score (nSPS) is 14.6. The Balaban J connectivity index is 1.57. The monoisotopic (exact) mass is 405 g/mol. The number of nitro benzene ring substituents is 1. The molecule has 3 rings (SSSR count). The maximum absolute atomic E-state index is 12.4. The first-order valence-electron chi connectivity index (χ1n) is 8.93. The summed E-state index contributed by atoms with van der Waals surface area (Å²) in [5, 5.41) is 14.1. The molecule has 0 bridgehead atoms. The number of anilines is 2. The lowest BCUT2D eigenvalue weighted by molar-refractivity contribution is -0.892. The molecule has 1 fully saturated rings. The summed E-state index contributed by atoms with van der Waals surface area (Å²) < 4.78 is 5.42. The molecule has 148 valence electrons. The summed E-state index contributed by atoms with van der Waals surface area (Å²) in [4.78, 5) is 26.3. The summed E-state index contributed by atoms with van der Waals surface area (Å²) in [5.41, 5.74) is 0.992. The number of halogens is 1. The number of nitrogens with zero attached hydrogens (tertiary/aromatic N) is 2. The second-order valence-electron chi connectivity index (χ2n) is 6.55. The molecule has 0 spiro atoms. The molecule has 1 aliphatic rings. The van der Waals surface area contributed by atoms with Crippen molar-refractivity contribution in [3.63, 3.8) is 0 Å². The summed E-state index contributed by atoms with van der Waals surface area (Å²) in [5.74, 6) is 0.558. The fraction of sp³-hybridized carbons (Fsp3) is 0.316. The van der Waals surface area contributed by atoms with Crippen molar-refractivity contribution in [3.05, 3.63) is 57.6 Å². The number of benzene rings is 2. The van der Waals surface area contributed by atoms with Gasteiger partial charge in [0.1, 0.15) is 11.4 Å². The van der Waals surface area contributed by atoms with Crippen LogP contribution in [0.25, 0.3) is 0 Å². The van der Waals surface area contributed by atoms with Crippen molar-refractivity contribution < 1.29 is 19.4 Å². The van der Waals surface area contributed by atoms with E-state index in [2.05, 4.69) is 10.2 Å². The van der Waals surface area contributed by atoms with Gasteiger partial charge in [-0.05, 0) is 24.3 Å². The van der Waals surface area contributed by atoms with Crippen LogP contribution in [0.2, 0.25) is 5.02 Å². The van der Waals surface area contributed by atoms with Crippen LogP contribution in [0.3, 0.4) is 0 Å². The number of methoxy groups -OCH3 is 1. The number of carbonyl (C=O) groups excluding carboxylic acids is 1. The van der Waals surface area contributed by atoms with Crippen LogP contribution in [0.5, 0.6) is 5.75 Å². The molecule has 1 saturated heterocycles. The maximum Gasteiger partial charge on any atom is 0.292 e. The molecular formula is C19H22ClN4O4+. The second-order valence-corrected chi connectivity index (χ2v) is 6.99. The Labute approximate surface area is 167 Å². The Morgan fingerprint density at radius 1 is 1.29 bits per heavy atom. The van der Waals surface area contributed by atoms with Gasteiger partial charge in [-0.1, -0.05) is 23.7 Å². The Morgan fingerprint density at radius 3 is 2.68 bits per heavy atom. The van der Waals surface area contributed by atoms with E-state index in [0.29, 0.717) is 5.02 Å². The van der Waals surface area contributed by atoms with Crippen molar-refractivity contribution in [2.75, 3.05) is 50.1 Å². The third kappa shape index (κ3) is 4.71. The Morgan fingerprint density at radius 2 is 2.00 bits per heavy atom. The van der Waals surface area contributed by atoms with Crippen molar-refractivity contribution in [1.29, 1.82) is 0 Å². The largest absolute Gasteiger partial charge is 0.495 e. The van der Waals surface area contributed by atoms with Crippen LogP contribution in [-0.2, 0) is 4.79 Å². The molecule has 2 aromatic carbocycles. The zero-order valence-corrected chi connectivity index (χ0v) is 16.2. The van der Waals surface area contributed by atoms with E-state index in [4.69, 9.17) is 16.3 Å². The summed E-state index contributed by atoms with van der Waals surface area (Å²) >= 11 is 5.90. The lowest BCUT2D eigenvalue weighted by Crippen LogP contribution is -3.15. The molecule has 0 radical (unpaired) electrons. The van der Waals surface area contributed by atoms with Gasteiger partial charge in [-0.2, -0.15) is 0 Å². The number of hydrogen-bond acceptors (Lipinski definition) is 5. The smallest absolute Gasteiger partial charge is 0.292 e. The minimum absolute atomic E-state index is 0.120. The van der Waals surface area contributed by atoms with Crippen molar-refractivity contribution in [3.8, 4) is 5.75 Å². The molecule has 28 heavy (non-hydrogen) atoms. The molecule has 0 saturated carbocycles. The van der Waals surface area contributed by atoms with E-state index in [0.717, 1.165) is 42.5 Å².